The molecule has 0 aliphatic carbocycles. The van der Waals surface area contributed by atoms with Gasteiger partial charge in [0.15, 0.2) is 12.6 Å². The molecule has 15 nitrogen and oxygen atoms in total. The van der Waals surface area contributed by atoms with E-state index in [1.807, 2.05) is 0 Å². The van der Waals surface area contributed by atoms with Crippen LogP contribution in [0.1, 0.15) is 44.9 Å². The smallest absolute Gasteiger partial charge is 0.407 e. The van der Waals surface area contributed by atoms with Gasteiger partial charge in [-0.1, -0.05) is 38.3 Å². The van der Waals surface area contributed by atoms with E-state index in [0.29, 0.717) is 12.8 Å². The minimum atomic E-state index is -1.78. The summed E-state index contributed by atoms with van der Waals surface area (Å²) in [5.41, 5.74) is 0. The summed E-state index contributed by atoms with van der Waals surface area (Å²) in [4.78, 5) is 23.6. The molecule has 6 unspecified atom stereocenters. The van der Waals surface area contributed by atoms with Crippen LogP contribution < -0.4 is 5.32 Å². The Hall–Kier alpha value is -1.92. The van der Waals surface area contributed by atoms with Crippen molar-refractivity contribution in [2.24, 2.45) is 0 Å². The van der Waals surface area contributed by atoms with Gasteiger partial charge in [0.2, 0.25) is 0 Å². The summed E-state index contributed by atoms with van der Waals surface area (Å²) in [6.45, 7) is 2.20. The van der Waals surface area contributed by atoms with E-state index in [-0.39, 0.29) is 19.2 Å². The molecule has 0 radical (unpaired) electrons. The molecule has 2 aliphatic heterocycles. The fraction of sp³-hybridized carbons (Fsp3) is 0.846. The summed E-state index contributed by atoms with van der Waals surface area (Å²) >= 11 is 0. The minimum absolute atomic E-state index is 0.120. The lowest BCUT2D eigenvalue weighted by Crippen LogP contribution is -2.68. The normalized spacial score (nSPS) is 33.6. The van der Waals surface area contributed by atoms with Crippen molar-refractivity contribution >= 4 is 12.1 Å². The van der Waals surface area contributed by atoms with Crippen molar-refractivity contribution in [2.45, 2.75) is 106 Å². The van der Waals surface area contributed by atoms with Gasteiger partial charge in [0.25, 0.3) is 0 Å². The molecule has 0 bridgehead atoms. The van der Waals surface area contributed by atoms with Crippen molar-refractivity contribution < 1.29 is 68.6 Å². The molecular weight excluding hydrogens is 550 g/mol. The molecule has 1 amide bonds. The van der Waals surface area contributed by atoms with Crippen molar-refractivity contribution in [1.82, 2.24) is 5.32 Å². The number of aliphatic hydroxyl groups is 6. The number of amides is 1. The Balaban J connectivity index is 2.06. The molecule has 2 rings (SSSR count). The third-order valence-corrected chi connectivity index (χ3v) is 6.90. The molecule has 15 heteroatoms. The first-order chi connectivity index (χ1) is 19.7. The highest BCUT2D eigenvalue weighted by Gasteiger charge is 2.51. The number of nitrogens with one attached hydrogen (secondary N) is 1. The molecule has 0 saturated carbocycles. The van der Waals surface area contributed by atoms with Crippen LogP contribution in [0.3, 0.4) is 0 Å². The van der Waals surface area contributed by atoms with Crippen molar-refractivity contribution in [3.05, 3.63) is 12.7 Å². The molecule has 238 valence electrons. The number of hydrogen-bond acceptors (Lipinski definition) is 14. The van der Waals surface area contributed by atoms with Crippen molar-refractivity contribution in [3.63, 3.8) is 0 Å². The monoisotopic (exact) mass is 595 g/mol. The van der Waals surface area contributed by atoms with Crippen LogP contribution in [-0.2, 0) is 33.2 Å². The number of carbonyl (C=O) groups is 2. The fourth-order valence-electron chi connectivity index (χ4n) is 4.55. The van der Waals surface area contributed by atoms with Gasteiger partial charge in [0.1, 0.15) is 55.4 Å². The van der Waals surface area contributed by atoms with E-state index in [1.54, 1.807) is 0 Å². The first kappa shape index (κ1) is 35.3. The highest BCUT2D eigenvalue weighted by molar-refractivity contribution is 5.69. The zero-order chi connectivity index (χ0) is 30.4. The summed E-state index contributed by atoms with van der Waals surface area (Å²) in [6.07, 6.45) is -7.84. The average molecular weight is 596 g/mol. The number of alkyl carbamates (subject to hydrolysis) is 1. The van der Waals surface area contributed by atoms with Crippen molar-refractivity contribution in [2.75, 3.05) is 33.5 Å². The third kappa shape index (κ3) is 10.7. The van der Waals surface area contributed by atoms with Crippen LogP contribution in [0.4, 0.5) is 4.79 Å². The average Bonchev–Trinajstić information content (AvgIpc) is 2.97. The number of ether oxygens (including phenoxy) is 6. The molecule has 0 aromatic rings. The van der Waals surface area contributed by atoms with Gasteiger partial charge in [-0.25, -0.2) is 4.79 Å². The summed E-state index contributed by atoms with van der Waals surface area (Å²) < 4.78 is 32.4. The van der Waals surface area contributed by atoms with Gasteiger partial charge in [0.05, 0.1) is 20.3 Å². The number of unbranched alkanes of at least 4 members (excludes halogenated alkanes) is 5. The SMILES string of the molecule is C=CCOC(=O)NC1C(O[C@H]2OC(CO)[C@@H](O)C(O)C2O)[C@@H](O)C(CO)O[C@H]1OCCCCCCCCC(=O)OC. The van der Waals surface area contributed by atoms with E-state index >= 15 is 0 Å². The van der Waals surface area contributed by atoms with E-state index < -0.39 is 80.7 Å². The Bertz CT molecular complexity index is 785. The van der Waals surface area contributed by atoms with E-state index in [0.717, 1.165) is 32.1 Å². The predicted octanol–water partition coefficient (Wildman–Crippen LogP) is -1.55. The van der Waals surface area contributed by atoms with E-state index in [9.17, 15) is 40.2 Å². The first-order valence-electron chi connectivity index (χ1n) is 13.8. The molecule has 2 aliphatic rings. The number of hydrogen-bond donors (Lipinski definition) is 7. The number of carbonyl (C=O) groups excluding carboxylic acids is 2. The molecule has 41 heavy (non-hydrogen) atoms. The second-order valence-corrected chi connectivity index (χ2v) is 9.89. The Morgan fingerprint density at radius 1 is 0.854 bits per heavy atom. The number of rotatable bonds is 17. The van der Waals surface area contributed by atoms with Crippen LogP contribution in [0.25, 0.3) is 0 Å². The van der Waals surface area contributed by atoms with Gasteiger partial charge in [-0.05, 0) is 12.8 Å². The maximum atomic E-state index is 12.4. The van der Waals surface area contributed by atoms with Gasteiger partial charge in [-0.2, -0.15) is 0 Å². The third-order valence-electron chi connectivity index (χ3n) is 6.90. The summed E-state index contributed by atoms with van der Waals surface area (Å²) in [6, 6.07) is -1.24. The molecule has 0 aromatic carbocycles. The molecule has 0 aromatic heterocycles. The summed E-state index contributed by atoms with van der Waals surface area (Å²) in [5, 5.41) is 63.4. The standard InChI is InChI=1S/C26H45NO14/c1-3-11-38-26(35)27-18-23(41-25-22(34)21(33)19(31)15(13-28)40-25)20(32)16(14-29)39-24(18)37-12-9-7-5-4-6-8-10-17(30)36-2/h3,15-16,18-25,28-29,31-34H,1,4-14H2,2H3,(H,27,35)/t15?,16?,18?,19-,20+,21?,22?,23?,24-,25-/m1/s1. The van der Waals surface area contributed by atoms with Crippen LogP contribution in [0.2, 0.25) is 0 Å². The molecule has 2 heterocycles. The molecule has 7 N–H and O–H groups in total. The van der Waals surface area contributed by atoms with Gasteiger partial charge in [-0.3, -0.25) is 4.79 Å². The highest BCUT2D eigenvalue weighted by Crippen LogP contribution is 2.30. The molecule has 10 atom stereocenters. The van der Waals surface area contributed by atoms with Gasteiger partial charge < -0.3 is 64.4 Å². The number of aliphatic hydroxyl groups excluding tert-OH is 6. The lowest BCUT2D eigenvalue weighted by molar-refractivity contribution is -0.344. The van der Waals surface area contributed by atoms with Crippen LogP contribution in [0.5, 0.6) is 0 Å². The van der Waals surface area contributed by atoms with Crippen LogP contribution in [-0.4, -0.2) is 138 Å². The van der Waals surface area contributed by atoms with Gasteiger partial charge >= 0.3 is 12.1 Å². The van der Waals surface area contributed by atoms with Crippen LogP contribution in [0, 0.1) is 0 Å². The largest absolute Gasteiger partial charge is 0.469 e. The molecular formula is C26H45NO14. The second-order valence-electron chi connectivity index (χ2n) is 9.89. The van der Waals surface area contributed by atoms with Gasteiger partial charge in [0, 0.05) is 13.0 Å². The minimum Gasteiger partial charge on any atom is -0.469 e. The lowest BCUT2D eigenvalue weighted by atomic mass is 9.95. The Labute approximate surface area is 238 Å². The fourth-order valence-corrected chi connectivity index (χ4v) is 4.55. The maximum absolute atomic E-state index is 12.4. The zero-order valence-corrected chi connectivity index (χ0v) is 23.3. The topological polar surface area (TPSA) is 223 Å². The lowest BCUT2D eigenvalue weighted by Gasteiger charge is -2.47. The van der Waals surface area contributed by atoms with Crippen LogP contribution >= 0.6 is 0 Å². The number of methoxy groups -OCH3 is 1. The van der Waals surface area contributed by atoms with E-state index in [4.69, 9.17) is 23.7 Å². The Morgan fingerprint density at radius 3 is 2.10 bits per heavy atom. The second kappa shape index (κ2) is 18.6. The first-order valence-corrected chi connectivity index (χ1v) is 13.8. The van der Waals surface area contributed by atoms with Crippen molar-refractivity contribution in [1.29, 1.82) is 0 Å². The molecule has 2 saturated heterocycles. The van der Waals surface area contributed by atoms with Crippen molar-refractivity contribution in [3.8, 4) is 0 Å². The molecule has 0 spiro atoms. The predicted molar refractivity (Wildman–Crippen MR) is 139 cm³/mol. The van der Waals surface area contributed by atoms with E-state index in [2.05, 4.69) is 16.6 Å². The summed E-state index contributed by atoms with van der Waals surface area (Å²) in [7, 11) is 1.36. The number of esters is 1. The highest BCUT2D eigenvalue weighted by atomic mass is 16.7. The quantitative estimate of drug-likeness (QED) is 0.0575. The zero-order valence-electron chi connectivity index (χ0n) is 23.3. The maximum Gasteiger partial charge on any atom is 0.407 e. The molecule has 2 fully saturated rings. The van der Waals surface area contributed by atoms with Crippen LogP contribution in [0.15, 0.2) is 12.7 Å². The van der Waals surface area contributed by atoms with E-state index in [1.165, 1.54) is 13.2 Å². The Kier molecular flexibility index (Phi) is 16.0. The summed E-state index contributed by atoms with van der Waals surface area (Å²) in [5.74, 6) is -0.234. The van der Waals surface area contributed by atoms with Gasteiger partial charge in [-0.15, -0.1) is 0 Å². The Morgan fingerprint density at radius 2 is 1.46 bits per heavy atom.